The van der Waals surface area contributed by atoms with Gasteiger partial charge in [0.1, 0.15) is 0 Å². The standard InChI is InChI=1S/C59H48N6/c1-58(2,3)37-31-33-53-45(35-37)46-36-38(59(4,5)6)32-34-54(46)65(53)57-61-55(43-23-11-17-29-51(43)63-47-25-13-7-19-39(47)40-20-8-14-26-48(40)63)60-56(62-57)44-24-12-18-30-52(44)64-49-27-15-9-21-41(49)42-22-10-16-28-50(42)64/h7-36H,1-6H3/i7D,9D,13D,15D,19D,21D,25D,27D. The number of nitrogens with zero attached hydrogens (tertiary/aromatic N) is 6. The Morgan fingerprint density at radius 2 is 0.769 bits per heavy atom. The number of aromatic nitrogens is 6. The lowest BCUT2D eigenvalue weighted by Crippen LogP contribution is -2.11. The number of benzene rings is 8. The Bertz CT molecular complexity index is 4070. The van der Waals surface area contributed by atoms with Crippen molar-refractivity contribution in [2.45, 2.75) is 52.4 Å². The van der Waals surface area contributed by atoms with Gasteiger partial charge in [-0.15, -0.1) is 0 Å². The number of fused-ring (bicyclic) bond motifs is 9. The fourth-order valence-corrected chi connectivity index (χ4v) is 9.43. The first-order valence-electron chi connectivity index (χ1n) is 25.9. The van der Waals surface area contributed by atoms with Crippen LogP contribution in [0, 0.1) is 0 Å². The molecule has 6 nitrogen and oxygen atoms in total. The quantitative estimate of drug-likeness (QED) is 0.173. The molecule has 0 radical (unpaired) electrons. The maximum atomic E-state index is 9.31. The predicted octanol–water partition coefficient (Wildman–Crippen LogP) is 15.1. The first kappa shape index (κ1) is 31.1. The van der Waals surface area contributed by atoms with E-state index in [1.165, 1.54) is 11.1 Å². The highest BCUT2D eigenvalue weighted by Crippen LogP contribution is 2.41. The maximum absolute atomic E-state index is 9.31. The van der Waals surface area contributed by atoms with Crippen molar-refractivity contribution in [1.82, 2.24) is 28.7 Å². The van der Waals surface area contributed by atoms with Crippen LogP contribution in [0.5, 0.6) is 0 Å². The van der Waals surface area contributed by atoms with Crippen LogP contribution in [0.25, 0.3) is 106 Å². The summed E-state index contributed by atoms with van der Waals surface area (Å²) in [6, 6.07) is 41.5. The lowest BCUT2D eigenvalue weighted by molar-refractivity contribution is 0.590. The molecule has 0 aliphatic heterocycles. The summed E-state index contributed by atoms with van der Waals surface area (Å²) in [6.45, 7) is 13.2. The molecular weight excluding hydrogens is 793 g/mol. The van der Waals surface area contributed by atoms with Crippen LogP contribution in [0.4, 0.5) is 0 Å². The van der Waals surface area contributed by atoms with Gasteiger partial charge in [0.2, 0.25) is 5.95 Å². The van der Waals surface area contributed by atoms with E-state index in [9.17, 15) is 2.74 Å². The van der Waals surface area contributed by atoms with Gasteiger partial charge in [0.05, 0.1) is 55.4 Å². The average Bonchev–Trinajstić information content (AvgIpc) is 4.04. The second-order valence-electron chi connectivity index (χ2n) is 18.8. The number of hydrogen-bond donors (Lipinski definition) is 0. The minimum atomic E-state index is -0.342. The van der Waals surface area contributed by atoms with Gasteiger partial charge in [0.25, 0.3) is 0 Å². The third-order valence-corrected chi connectivity index (χ3v) is 12.7. The van der Waals surface area contributed by atoms with Gasteiger partial charge >= 0.3 is 0 Å². The van der Waals surface area contributed by atoms with E-state index >= 15 is 0 Å². The molecule has 0 spiro atoms. The molecule has 0 aliphatic rings. The molecule has 0 saturated carbocycles. The Kier molecular flexibility index (Phi) is 6.86. The summed E-state index contributed by atoms with van der Waals surface area (Å²) < 4.78 is 77.6. The van der Waals surface area contributed by atoms with Crippen molar-refractivity contribution in [3.05, 3.63) is 193 Å². The summed E-state index contributed by atoms with van der Waals surface area (Å²) in [7, 11) is 0. The zero-order valence-corrected chi connectivity index (χ0v) is 36.9. The van der Waals surface area contributed by atoms with E-state index in [1.54, 1.807) is 0 Å². The highest BCUT2D eigenvalue weighted by molar-refractivity contribution is 6.12. The van der Waals surface area contributed by atoms with E-state index in [-0.39, 0.29) is 70.8 Å². The SMILES string of the molecule is [2H]c1c([2H])c([2H])c2c(c1[2H])c1ccccc1n2-c1ccccc1-c1nc(-c2ccccc2-n2c3ccccc3c3c([2H])c([2H])c([2H])c([2H])c32)nc(-n2c3ccc(C(C)(C)C)cc3c3cc(C(C)(C)C)ccc32)n1. The van der Waals surface area contributed by atoms with E-state index in [0.29, 0.717) is 72.1 Å². The van der Waals surface area contributed by atoms with Crippen molar-refractivity contribution in [1.29, 1.82) is 0 Å². The maximum Gasteiger partial charge on any atom is 0.238 e. The Labute approximate surface area is 389 Å². The summed E-state index contributed by atoms with van der Waals surface area (Å²) in [4.78, 5) is 16.2. The van der Waals surface area contributed by atoms with Crippen LogP contribution in [-0.4, -0.2) is 28.7 Å². The molecule has 0 fully saturated rings. The van der Waals surface area contributed by atoms with E-state index in [4.69, 9.17) is 23.2 Å². The number of hydrogen-bond acceptors (Lipinski definition) is 3. The third kappa shape index (κ3) is 6.12. The van der Waals surface area contributed by atoms with Gasteiger partial charge in [0.15, 0.2) is 11.6 Å². The predicted molar refractivity (Wildman–Crippen MR) is 271 cm³/mol. The molecule has 0 N–H and O–H groups in total. The van der Waals surface area contributed by atoms with Gasteiger partial charge in [-0.25, -0.2) is 4.98 Å². The van der Waals surface area contributed by atoms with Crippen LogP contribution in [0.3, 0.4) is 0 Å². The topological polar surface area (TPSA) is 53.5 Å². The fourth-order valence-electron chi connectivity index (χ4n) is 9.43. The fraction of sp³-hybridized carbons (Fsp3) is 0.136. The lowest BCUT2D eigenvalue weighted by Gasteiger charge is -2.19. The van der Waals surface area contributed by atoms with Gasteiger partial charge in [-0.05, 0) is 94.7 Å². The van der Waals surface area contributed by atoms with E-state index in [1.807, 2.05) is 106 Å². The van der Waals surface area contributed by atoms with Crippen LogP contribution in [-0.2, 0) is 10.8 Å². The highest BCUT2D eigenvalue weighted by atomic mass is 15.2. The van der Waals surface area contributed by atoms with Crippen LogP contribution >= 0.6 is 0 Å². The second kappa shape index (κ2) is 14.3. The second-order valence-corrected chi connectivity index (χ2v) is 18.8. The van der Waals surface area contributed by atoms with Crippen molar-refractivity contribution in [3.63, 3.8) is 0 Å². The molecule has 12 rings (SSSR count). The summed E-state index contributed by atoms with van der Waals surface area (Å²) in [5.74, 6) is 0.896. The van der Waals surface area contributed by atoms with Gasteiger partial charge in [0, 0.05) is 43.4 Å². The first-order chi connectivity index (χ1) is 34.8. The lowest BCUT2D eigenvalue weighted by atomic mass is 9.85. The molecule has 4 aromatic heterocycles. The monoisotopic (exact) mass is 848 g/mol. The van der Waals surface area contributed by atoms with E-state index < -0.39 is 0 Å². The molecule has 4 heterocycles. The zero-order valence-electron chi connectivity index (χ0n) is 44.9. The van der Waals surface area contributed by atoms with Crippen LogP contribution in [0.15, 0.2) is 182 Å². The van der Waals surface area contributed by atoms with E-state index in [2.05, 4.69) is 82.5 Å². The normalized spacial score (nSPS) is 14.2. The zero-order chi connectivity index (χ0) is 51.2. The van der Waals surface area contributed by atoms with Gasteiger partial charge in [-0.1, -0.05) is 151 Å². The number of para-hydroxylation sites is 6. The molecule has 0 unspecified atom stereocenters. The molecular formula is C59H48N6. The van der Waals surface area contributed by atoms with Crippen molar-refractivity contribution < 1.29 is 11.0 Å². The number of rotatable bonds is 5. The largest absolute Gasteiger partial charge is 0.309 e. The molecule has 0 bridgehead atoms. The van der Waals surface area contributed by atoms with Crippen LogP contribution < -0.4 is 0 Å². The molecule has 314 valence electrons. The Morgan fingerprint density at radius 1 is 0.369 bits per heavy atom. The summed E-state index contributed by atoms with van der Waals surface area (Å²) in [6.07, 6.45) is 0. The van der Waals surface area contributed by atoms with Crippen molar-refractivity contribution in [3.8, 4) is 40.1 Å². The summed E-state index contributed by atoms with van der Waals surface area (Å²) in [5.41, 5.74) is 8.14. The highest BCUT2D eigenvalue weighted by Gasteiger charge is 2.25. The van der Waals surface area contributed by atoms with Crippen LogP contribution in [0.1, 0.15) is 63.6 Å². The Morgan fingerprint density at radius 3 is 1.23 bits per heavy atom. The van der Waals surface area contributed by atoms with Gasteiger partial charge in [-0.2, -0.15) is 9.97 Å². The summed E-state index contributed by atoms with van der Waals surface area (Å²) >= 11 is 0. The molecule has 0 saturated heterocycles. The molecule has 8 aromatic carbocycles. The minimum absolute atomic E-state index is 0.129. The molecule has 6 heteroatoms. The molecule has 65 heavy (non-hydrogen) atoms. The molecule has 0 atom stereocenters. The smallest absolute Gasteiger partial charge is 0.238 e. The summed E-state index contributed by atoms with van der Waals surface area (Å²) in [5, 5.41) is 4.23. The Hall–Kier alpha value is -7.83. The van der Waals surface area contributed by atoms with Crippen molar-refractivity contribution >= 4 is 65.4 Å². The van der Waals surface area contributed by atoms with E-state index in [0.717, 1.165) is 21.8 Å². The van der Waals surface area contributed by atoms with Gasteiger partial charge in [-0.3, -0.25) is 4.57 Å². The molecule has 0 aliphatic carbocycles. The Balaban J connectivity index is 1.21. The van der Waals surface area contributed by atoms with Crippen molar-refractivity contribution in [2.75, 3.05) is 0 Å². The van der Waals surface area contributed by atoms with Crippen LogP contribution in [0.2, 0.25) is 0 Å². The third-order valence-electron chi connectivity index (χ3n) is 12.7. The average molecular weight is 849 g/mol. The van der Waals surface area contributed by atoms with Gasteiger partial charge < -0.3 is 9.13 Å². The minimum Gasteiger partial charge on any atom is -0.309 e. The first-order valence-corrected chi connectivity index (χ1v) is 21.9. The molecule has 12 aromatic rings. The van der Waals surface area contributed by atoms with Crippen molar-refractivity contribution in [2.24, 2.45) is 0 Å². The molecule has 0 amide bonds.